The van der Waals surface area contributed by atoms with Gasteiger partial charge >= 0.3 is 0 Å². The average molecular weight is 340 g/mol. The minimum Gasteiger partial charge on any atom is -0.357 e. The van der Waals surface area contributed by atoms with Crippen LogP contribution in [0.5, 0.6) is 0 Å². The monoisotopic (exact) mass is 340 g/mol. The number of carbonyl (C=O) groups is 1. The summed E-state index contributed by atoms with van der Waals surface area (Å²) in [6, 6.07) is 8.64. The van der Waals surface area contributed by atoms with E-state index in [0.29, 0.717) is 19.0 Å². The third-order valence-corrected chi connectivity index (χ3v) is 4.70. The van der Waals surface area contributed by atoms with Crippen molar-refractivity contribution in [3.8, 4) is 0 Å². The second kappa shape index (κ2) is 8.70. The van der Waals surface area contributed by atoms with Gasteiger partial charge in [0.15, 0.2) is 5.96 Å². The molecule has 0 fully saturated rings. The van der Waals surface area contributed by atoms with Crippen LogP contribution in [0.4, 0.5) is 5.69 Å². The minimum absolute atomic E-state index is 0.207. The molecule has 0 atom stereocenters. The summed E-state index contributed by atoms with van der Waals surface area (Å²) in [5, 5.41) is 6.74. The van der Waals surface area contributed by atoms with E-state index in [4.69, 9.17) is 0 Å². The highest BCUT2D eigenvalue weighted by molar-refractivity contribution is 5.95. The summed E-state index contributed by atoms with van der Waals surface area (Å²) >= 11 is 0. The van der Waals surface area contributed by atoms with Crippen LogP contribution >= 0.6 is 0 Å². The summed E-state index contributed by atoms with van der Waals surface area (Å²) in [6.07, 6.45) is 8.79. The smallest absolute Gasteiger partial charge is 0.227 e. The summed E-state index contributed by atoms with van der Waals surface area (Å²) in [6.45, 7) is 4.38. The molecule has 0 bridgehead atoms. The maximum atomic E-state index is 12.5. The topological polar surface area (TPSA) is 56.7 Å². The molecule has 1 heterocycles. The largest absolute Gasteiger partial charge is 0.357 e. The zero-order valence-electron chi connectivity index (χ0n) is 15.0. The van der Waals surface area contributed by atoms with Crippen molar-refractivity contribution in [1.82, 2.24) is 10.6 Å². The lowest BCUT2D eigenvalue weighted by atomic mass is 10.2. The van der Waals surface area contributed by atoms with Gasteiger partial charge in [0.25, 0.3) is 0 Å². The number of benzene rings is 1. The van der Waals surface area contributed by atoms with E-state index in [0.717, 1.165) is 50.4 Å². The summed E-state index contributed by atoms with van der Waals surface area (Å²) < 4.78 is 0. The maximum Gasteiger partial charge on any atom is 0.227 e. The number of carbonyl (C=O) groups excluding carboxylic acids is 1. The Kier molecular flexibility index (Phi) is 6.09. The molecular weight excluding hydrogens is 312 g/mol. The van der Waals surface area contributed by atoms with Crippen LogP contribution in [-0.4, -0.2) is 37.5 Å². The number of nitrogens with zero attached hydrogens (tertiary/aromatic N) is 2. The molecule has 3 rings (SSSR count). The van der Waals surface area contributed by atoms with E-state index < -0.39 is 0 Å². The van der Waals surface area contributed by atoms with Crippen LogP contribution in [0.1, 0.15) is 38.2 Å². The van der Waals surface area contributed by atoms with E-state index in [1.807, 2.05) is 23.1 Å². The van der Waals surface area contributed by atoms with Crippen molar-refractivity contribution in [3.63, 3.8) is 0 Å². The molecule has 1 aliphatic heterocycles. The fourth-order valence-corrected chi connectivity index (χ4v) is 3.40. The molecule has 25 heavy (non-hydrogen) atoms. The quantitative estimate of drug-likeness (QED) is 0.362. The number of nitrogens with one attached hydrogen (secondary N) is 2. The average Bonchev–Trinajstić information content (AvgIpc) is 3.28. The fraction of sp³-hybridized carbons (Fsp3) is 0.500. The highest BCUT2D eigenvalue weighted by Gasteiger charge is 2.23. The van der Waals surface area contributed by atoms with Gasteiger partial charge in [0.2, 0.25) is 5.91 Å². The number of hydrogen-bond donors (Lipinski definition) is 2. The molecule has 0 aromatic heterocycles. The van der Waals surface area contributed by atoms with Gasteiger partial charge in [0.05, 0.1) is 0 Å². The van der Waals surface area contributed by atoms with Crippen molar-refractivity contribution in [3.05, 3.63) is 42.0 Å². The Morgan fingerprint density at radius 1 is 1.28 bits per heavy atom. The number of fused-ring (bicyclic) bond motifs is 1. The van der Waals surface area contributed by atoms with Gasteiger partial charge in [-0.05, 0) is 44.2 Å². The molecule has 1 amide bonds. The van der Waals surface area contributed by atoms with E-state index in [9.17, 15) is 4.79 Å². The van der Waals surface area contributed by atoms with Gasteiger partial charge in [0, 0.05) is 37.8 Å². The number of amides is 1. The van der Waals surface area contributed by atoms with E-state index in [-0.39, 0.29) is 5.91 Å². The van der Waals surface area contributed by atoms with Gasteiger partial charge in [-0.3, -0.25) is 9.79 Å². The molecule has 0 radical (unpaired) electrons. The Bertz CT molecular complexity index is 645. The molecule has 2 N–H and O–H groups in total. The molecule has 0 spiro atoms. The van der Waals surface area contributed by atoms with Crippen molar-refractivity contribution < 1.29 is 4.79 Å². The molecule has 0 unspecified atom stereocenters. The summed E-state index contributed by atoms with van der Waals surface area (Å²) in [4.78, 5) is 19.0. The Hall–Kier alpha value is -2.30. The van der Waals surface area contributed by atoms with Crippen molar-refractivity contribution in [1.29, 1.82) is 0 Å². The molecule has 1 aromatic carbocycles. The van der Waals surface area contributed by atoms with Gasteiger partial charge in [0.1, 0.15) is 0 Å². The van der Waals surface area contributed by atoms with E-state index in [1.54, 1.807) is 0 Å². The van der Waals surface area contributed by atoms with Gasteiger partial charge in [-0.25, -0.2) is 0 Å². The number of para-hydroxylation sites is 1. The first-order chi connectivity index (χ1) is 12.3. The number of guanidine groups is 1. The second-order valence-electron chi connectivity index (χ2n) is 6.57. The van der Waals surface area contributed by atoms with Crippen LogP contribution in [0.25, 0.3) is 0 Å². The summed E-state index contributed by atoms with van der Waals surface area (Å²) in [5.74, 6) is 1.06. The van der Waals surface area contributed by atoms with Crippen LogP contribution in [0.2, 0.25) is 0 Å². The maximum absolute atomic E-state index is 12.5. The number of anilines is 1. The number of hydrogen-bond acceptors (Lipinski definition) is 2. The summed E-state index contributed by atoms with van der Waals surface area (Å²) in [7, 11) is 0. The Morgan fingerprint density at radius 3 is 2.88 bits per heavy atom. The highest BCUT2D eigenvalue weighted by atomic mass is 16.2. The van der Waals surface area contributed by atoms with Gasteiger partial charge in [-0.2, -0.15) is 0 Å². The zero-order valence-corrected chi connectivity index (χ0v) is 15.0. The van der Waals surface area contributed by atoms with Crippen LogP contribution < -0.4 is 15.5 Å². The molecule has 134 valence electrons. The first-order valence-electron chi connectivity index (χ1n) is 9.36. The van der Waals surface area contributed by atoms with Gasteiger partial charge in [-0.15, -0.1) is 0 Å². The van der Waals surface area contributed by atoms with Crippen molar-refractivity contribution in [2.75, 3.05) is 24.5 Å². The van der Waals surface area contributed by atoms with Gasteiger partial charge in [-0.1, -0.05) is 30.4 Å². The predicted molar refractivity (Wildman–Crippen MR) is 103 cm³/mol. The molecule has 0 saturated carbocycles. The first-order valence-corrected chi connectivity index (χ1v) is 9.36. The predicted octanol–water partition coefficient (Wildman–Crippen LogP) is 2.63. The number of aliphatic imine (C=N–C) groups is 1. The zero-order chi connectivity index (χ0) is 17.5. The Balaban J connectivity index is 1.45. The van der Waals surface area contributed by atoms with Gasteiger partial charge < -0.3 is 15.5 Å². The lowest BCUT2D eigenvalue weighted by molar-refractivity contribution is -0.118. The van der Waals surface area contributed by atoms with Crippen molar-refractivity contribution in [2.45, 2.75) is 45.1 Å². The minimum atomic E-state index is 0.207. The van der Waals surface area contributed by atoms with E-state index >= 15 is 0 Å². The van der Waals surface area contributed by atoms with Crippen LogP contribution in [-0.2, 0) is 11.2 Å². The number of rotatable bonds is 6. The summed E-state index contributed by atoms with van der Waals surface area (Å²) in [5.41, 5.74) is 2.36. The third kappa shape index (κ3) is 4.62. The standard InChI is InChI=1S/C20H28N4O/c1-2-21-20(23-17-9-4-5-10-17)22-14-7-12-19(25)24-15-13-16-8-3-6-11-18(16)24/h3-6,8,11,17H,2,7,9-10,12-15H2,1H3,(H2,21,22,23). The van der Waals surface area contributed by atoms with E-state index in [2.05, 4.69) is 40.8 Å². The fourth-order valence-electron chi connectivity index (χ4n) is 3.40. The molecule has 1 aliphatic carbocycles. The molecule has 5 heteroatoms. The first kappa shape index (κ1) is 17.5. The highest BCUT2D eigenvalue weighted by Crippen LogP contribution is 2.27. The lowest BCUT2D eigenvalue weighted by Gasteiger charge is -2.18. The van der Waals surface area contributed by atoms with Crippen molar-refractivity contribution in [2.24, 2.45) is 4.99 Å². The second-order valence-corrected chi connectivity index (χ2v) is 6.57. The molecule has 1 aromatic rings. The Labute approximate surface area is 150 Å². The van der Waals surface area contributed by atoms with Crippen molar-refractivity contribution >= 4 is 17.6 Å². The molecule has 2 aliphatic rings. The lowest BCUT2D eigenvalue weighted by Crippen LogP contribution is -2.42. The van der Waals surface area contributed by atoms with Crippen LogP contribution in [0.3, 0.4) is 0 Å². The Morgan fingerprint density at radius 2 is 2.08 bits per heavy atom. The SMILES string of the molecule is CCNC(=NCCCC(=O)N1CCc2ccccc21)NC1CC=CC1. The van der Waals surface area contributed by atoms with E-state index in [1.165, 1.54) is 5.56 Å². The van der Waals surface area contributed by atoms with Crippen LogP contribution in [0, 0.1) is 0 Å². The third-order valence-electron chi connectivity index (χ3n) is 4.70. The molecule has 5 nitrogen and oxygen atoms in total. The van der Waals surface area contributed by atoms with Crippen LogP contribution in [0.15, 0.2) is 41.4 Å². The molecular formula is C20H28N4O. The molecule has 0 saturated heterocycles. The normalized spacial score (nSPS) is 17.0.